The lowest BCUT2D eigenvalue weighted by molar-refractivity contribution is 0.136. The molecule has 1 aromatic rings. The van der Waals surface area contributed by atoms with Gasteiger partial charge in [0.25, 0.3) is 0 Å². The first-order valence-corrected chi connectivity index (χ1v) is 6.28. The van der Waals surface area contributed by atoms with Gasteiger partial charge in [-0.15, -0.1) is 0 Å². The van der Waals surface area contributed by atoms with Crippen molar-refractivity contribution >= 4 is 23.2 Å². The predicted molar refractivity (Wildman–Crippen MR) is 67.2 cm³/mol. The van der Waals surface area contributed by atoms with E-state index in [0.717, 1.165) is 24.9 Å². The van der Waals surface area contributed by atoms with E-state index in [9.17, 15) is 5.11 Å². The van der Waals surface area contributed by atoms with E-state index in [-0.39, 0.29) is 12.1 Å². The largest absolute Gasteiger partial charge is 0.391 e. The van der Waals surface area contributed by atoms with Gasteiger partial charge in [-0.25, -0.2) is 0 Å². The first-order chi connectivity index (χ1) is 7.66. The predicted octanol–water partition coefficient (Wildman–Crippen LogP) is 2.65. The van der Waals surface area contributed by atoms with Crippen LogP contribution in [0.25, 0.3) is 0 Å². The first-order valence-electron chi connectivity index (χ1n) is 5.52. The maximum absolute atomic E-state index is 10.0. The third-order valence-electron chi connectivity index (χ3n) is 2.99. The number of aliphatic hydroxyl groups is 1. The molecule has 1 saturated heterocycles. The SMILES string of the molecule is OC(Cc1ccc(Cl)c(Cl)c1)C1CCCN1. The second kappa shape index (κ2) is 5.37. The smallest absolute Gasteiger partial charge is 0.0733 e. The molecule has 0 aromatic heterocycles. The fourth-order valence-corrected chi connectivity index (χ4v) is 2.41. The summed E-state index contributed by atoms with van der Waals surface area (Å²) in [6.45, 7) is 1.00. The zero-order valence-corrected chi connectivity index (χ0v) is 10.4. The molecule has 1 aromatic carbocycles. The Morgan fingerprint density at radius 3 is 2.81 bits per heavy atom. The highest BCUT2D eigenvalue weighted by atomic mass is 35.5. The monoisotopic (exact) mass is 259 g/mol. The molecular formula is C12H15Cl2NO. The number of aliphatic hydroxyl groups excluding tert-OH is 1. The topological polar surface area (TPSA) is 32.3 Å². The van der Waals surface area contributed by atoms with E-state index in [1.807, 2.05) is 12.1 Å². The molecule has 2 atom stereocenters. The highest BCUT2D eigenvalue weighted by Gasteiger charge is 2.22. The highest BCUT2D eigenvalue weighted by Crippen LogP contribution is 2.24. The van der Waals surface area contributed by atoms with Crippen molar-refractivity contribution in [3.8, 4) is 0 Å². The van der Waals surface area contributed by atoms with Gasteiger partial charge in [-0.1, -0.05) is 29.3 Å². The summed E-state index contributed by atoms with van der Waals surface area (Å²) >= 11 is 11.8. The van der Waals surface area contributed by atoms with Gasteiger partial charge in [-0.2, -0.15) is 0 Å². The molecule has 88 valence electrons. The summed E-state index contributed by atoms with van der Waals surface area (Å²) in [5, 5.41) is 14.4. The van der Waals surface area contributed by atoms with Crippen molar-refractivity contribution in [3.63, 3.8) is 0 Å². The Labute approximate surface area is 106 Å². The van der Waals surface area contributed by atoms with Gasteiger partial charge in [0.2, 0.25) is 0 Å². The summed E-state index contributed by atoms with van der Waals surface area (Å²) in [4.78, 5) is 0. The zero-order chi connectivity index (χ0) is 11.5. The van der Waals surface area contributed by atoms with Crippen LogP contribution in [-0.2, 0) is 6.42 Å². The Balaban J connectivity index is 1.99. The third kappa shape index (κ3) is 2.89. The van der Waals surface area contributed by atoms with E-state index in [0.29, 0.717) is 16.5 Å². The minimum absolute atomic E-state index is 0.217. The minimum atomic E-state index is -0.347. The Hall–Kier alpha value is -0.280. The van der Waals surface area contributed by atoms with Crippen molar-refractivity contribution in [1.29, 1.82) is 0 Å². The van der Waals surface area contributed by atoms with Crippen molar-refractivity contribution in [3.05, 3.63) is 33.8 Å². The quantitative estimate of drug-likeness (QED) is 0.875. The van der Waals surface area contributed by atoms with Crippen LogP contribution < -0.4 is 5.32 Å². The summed E-state index contributed by atoms with van der Waals surface area (Å²) in [5.41, 5.74) is 1.02. The van der Waals surface area contributed by atoms with Gasteiger partial charge in [-0.05, 0) is 43.5 Å². The van der Waals surface area contributed by atoms with Crippen molar-refractivity contribution in [2.24, 2.45) is 0 Å². The van der Waals surface area contributed by atoms with Crippen LogP contribution in [0.5, 0.6) is 0 Å². The molecule has 2 N–H and O–H groups in total. The van der Waals surface area contributed by atoms with Crippen LogP contribution in [0.1, 0.15) is 18.4 Å². The van der Waals surface area contributed by atoms with Crippen LogP contribution in [0.3, 0.4) is 0 Å². The van der Waals surface area contributed by atoms with E-state index >= 15 is 0 Å². The van der Waals surface area contributed by atoms with E-state index < -0.39 is 0 Å². The number of nitrogens with one attached hydrogen (secondary N) is 1. The van der Waals surface area contributed by atoms with Crippen LogP contribution in [0.15, 0.2) is 18.2 Å². The molecule has 2 nitrogen and oxygen atoms in total. The molecule has 0 amide bonds. The van der Waals surface area contributed by atoms with Gasteiger partial charge in [0.15, 0.2) is 0 Å². The Bertz CT molecular complexity index is 364. The summed E-state index contributed by atoms with van der Waals surface area (Å²) < 4.78 is 0. The van der Waals surface area contributed by atoms with Crippen LogP contribution in [0.2, 0.25) is 10.0 Å². The second-order valence-electron chi connectivity index (χ2n) is 4.22. The molecule has 1 aliphatic heterocycles. The zero-order valence-electron chi connectivity index (χ0n) is 8.92. The minimum Gasteiger partial charge on any atom is -0.391 e. The summed E-state index contributed by atoms with van der Waals surface area (Å²) in [5.74, 6) is 0. The summed E-state index contributed by atoms with van der Waals surface area (Å²) in [6.07, 6.45) is 2.46. The van der Waals surface area contributed by atoms with Crippen LogP contribution in [0, 0.1) is 0 Å². The average molecular weight is 260 g/mol. The van der Waals surface area contributed by atoms with Gasteiger partial charge < -0.3 is 10.4 Å². The molecule has 2 unspecified atom stereocenters. The highest BCUT2D eigenvalue weighted by molar-refractivity contribution is 6.42. The van der Waals surface area contributed by atoms with Gasteiger partial charge in [0.1, 0.15) is 0 Å². The standard InChI is InChI=1S/C12H15Cl2NO/c13-9-4-3-8(6-10(9)14)7-12(16)11-2-1-5-15-11/h3-4,6,11-12,15-16H,1-2,5,7H2. The molecule has 1 heterocycles. The molecule has 1 fully saturated rings. The van der Waals surface area contributed by atoms with E-state index in [4.69, 9.17) is 23.2 Å². The Kier molecular flexibility index (Phi) is 4.09. The Morgan fingerprint density at radius 2 is 2.19 bits per heavy atom. The molecule has 0 spiro atoms. The number of rotatable bonds is 3. The Morgan fingerprint density at radius 1 is 1.38 bits per heavy atom. The van der Waals surface area contributed by atoms with E-state index in [2.05, 4.69) is 5.32 Å². The van der Waals surface area contributed by atoms with Crippen molar-refractivity contribution < 1.29 is 5.11 Å². The summed E-state index contributed by atoms with van der Waals surface area (Å²) in [6, 6.07) is 5.72. The molecule has 16 heavy (non-hydrogen) atoms. The van der Waals surface area contributed by atoms with Crippen LogP contribution in [-0.4, -0.2) is 23.8 Å². The van der Waals surface area contributed by atoms with Crippen molar-refractivity contribution in [2.45, 2.75) is 31.4 Å². The molecule has 0 saturated carbocycles. The maximum atomic E-state index is 10.0. The lowest BCUT2D eigenvalue weighted by Gasteiger charge is -2.18. The molecule has 0 bridgehead atoms. The fraction of sp³-hybridized carbons (Fsp3) is 0.500. The lowest BCUT2D eigenvalue weighted by Crippen LogP contribution is -2.36. The van der Waals surface area contributed by atoms with Crippen LogP contribution >= 0.6 is 23.2 Å². The number of benzene rings is 1. The molecule has 2 rings (SSSR count). The van der Waals surface area contributed by atoms with Crippen molar-refractivity contribution in [1.82, 2.24) is 5.32 Å². The third-order valence-corrected chi connectivity index (χ3v) is 3.73. The summed E-state index contributed by atoms with van der Waals surface area (Å²) in [7, 11) is 0. The van der Waals surface area contributed by atoms with Gasteiger partial charge in [0.05, 0.1) is 16.1 Å². The van der Waals surface area contributed by atoms with Gasteiger partial charge >= 0.3 is 0 Å². The maximum Gasteiger partial charge on any atom is 0.0733 e. The van der Waals surface area contributed by atoms with Gasteiger partial charge in [0, 0.05) is 6.04 Å². The lowest BCUT2D eigenvalue weighted by atomic mass is 10.0. The number of halogens is 2. The molecule has 0 aliphatic carbocycles. The molecular weight excluding hydrogens is 245 g/mol. The van der Waals surface area contributed by atoms with Crippen LogP contribution in [0.4, 0.5) is 0 Å². The molecule has 0 radical (unpaired) electrons. The fourth-order valence-electron chi connectivity index (χ4n) is 2.09. The van der Waals surface area contributed by atoms with Crippen molar-refractivity contribution in [2.75, 3.05) is 6.54 Å². The normalized spacial score (nSPS) is 22.3. The van der Waals surface area contributed by atoms with E-state index in [1.54, 1.807) is 6.07 Å². The van der Waals surface area contributed by atoms with E-state index in [1.165, 1.54) is 0 Å². The molecule has 1 aliphatic rings. The number of hydrogen-bond acceptors (Lipinski definition) is 2. The second-order valence-corrected chi connectivity index (χ2v) is 5.04. The first kappa shape index (κ1) is 12.2. The van der Waals surface area contributed by atoms with Gasteiger partial charge in [-0.3, -0.25) is 0 Å². The molecule has 4 heteroatoms. The number of hydrogen-bond donors (Lipinski definition) is 2. The average Bonchev–Trinajstić information content (AvgIpc) is 2.77.